The van der Waals surface area contributed by atoms with Gasteiger partial charge in [-0.15, -0.1) is 0 Å². The summed E-state index contributed by atoms with van der Waals surface area (Å²) in [5.74, 6) is 2.06. The predicted octanol–water partition coefficient (Wildman–Crippen LogP) is 2.84. The number of hydrogen-bond donors (Lipinski definition) is 0. The number of methoxy groups -OCH3 is 1. The predicted molar refractivity (Wildman–Crippen MR) is 114 cm³/mol. The molecule has 1 fully saturated rings. The van der Waals surface area contributed by atoms with Crippen molar-refractivity contribution in [2.24, 2.45) is 5.92 Å². The zero-order chi connectivity index (χ0) is 19.7. The summed E-state index contributed by atoms with van der Waals surface area (Å²) in [5.41, 5.74) is 0.884. The topological polar surface area (TPSA) is 63.5 Å². The van der Waals surface area contributed by atoms with Crippen molar-refractivity contribution in [1.82, 2.24) is 14.8 Å². The van der Waals surface area contributed by atoms with Crippen LogP contribution in [0.2, 0.25) is 0 Å². The van der Waals surface area contributed by atoms with E-state index in [-0.39, 0.29) is 5.56 Å². The van der Waals surface area contributed by atoms with E-state index >= 15 is 0 Å². The van der Waals surface area contributed by atoms with Gasteiger partial charge in [-0.25, -0.2) is 9.67 Å². The summed E-state index contributed by atoms with van der Waals surface area (Å²) in [5, 5.41) is 5.60. The summed E-state index contributed by atoms with van der Waals surface area (Å²) in [6, 6.07) is 9.48. The molecule has 3 aromatic rings. The van der Waals surface area contributed by atoms with Crippen LogP contribution in [0.5, 0.6) is 5.75 Å². The molecular formula is C20H25N5O2S. The van der Waals surface area contributed by atoms with Crippen LogP contribution in [0.25, 0.3) is 10.2 Å². The molecule has 8 heteroatoms. The molecule has 0 atom stereocenters. The lowest BCUT2D eigenvalue weighted by atomic mass is 10.2. The zero-order valence-electron chi connectivity index (χ0n) is 16.5. The monoisotopic (exact) mass is 399 g/mol. The molecule has 0 bridgehead atoms. The van der Waals surface area contributed by atoms with E-state index in [0.717, 1.165) is 53.1 Å². The minimum absolute atomic E-state index is 0.0421. The van der Waals surface area contributed by atoms with Crippen molar-refractivity contribution in [2.45, 2.75) is 20.4 Å². The van der Waals surface area contributed by atoms with Crippen molar-refractivity contribution in [3.63, 3.8) is 0 Å². The van der Waals surface area contributed by atoms with Gasteiger partial charge in [0.05, 0.1) is 11.8 Å². The summed E-state index contributed by atoms with van der Waals surface area (Å²) in [4.78, 5) is 21.4. The number of piperazine rings is 1. The van der Waals surface area contributed by atoms with Gasteiger partial charge >= 0.3 is 0 Å². The van der Waals surface area contributed by atoms with Gasteiger partial charge in [0.15, 0.2) is 5.13 Å². The molecule has 0 amide bonds. The van der Waals surface area contributed by atoms with Crippen LogP contribution in [0, 0.1) is 5.92 Å². The fraction of sp³-hybridized carbons (Fsp3) is 0.450. The summed E-state index contributed by atoms with van der Waals surface area (Å²) in [6.45, 7) is 8.25. The minimum Gasteiger partial charge on any atom is -0.494 e. The van der Waals surface area contributed by atoms with Crippen LogP contribution in [-0.2, 0) is 6.54 Å². The molecule has 2 aromatic heterocycles. The SMILES string of the molecule is COc1cccc2sc(N3CCN(c4ccc(=O)n(CC(C)C)n4)CC3)nc12. The van der Waals surface area contributed by atoms with Gasteiger partial charge in [-0.3, -0.25) is 4.79 Å². The Morgan fingerprint density at radius 3 is 2.57 bits per heavy atom. The third kappa shape index (κ3) is 3.69. The third-order valence-corrected chi connectivity index (χ3v) is 5.94. The number of benzene rings is 1. The van der Waals surface area contributed by atoms with Gasteiger partial charge in [0, 0.05) is 38.8 Å². The van der Waals surface area contributed by atoms with Crippen molar-refractivity contribution in [3.05, 3.63) is 40.7 Å². The highest BCUT2D eigenvalue weighted by atomic mass is 32.1. The first-order valence-corrected chi connectivity index (χ1v) is 10.4. The van der Waals surface area contributed by atoms with Crippen LogP contribution < -0.4 is 20.1 Å². The molecule has 0 spiro atoms. The van der Waals surface area contributed by atoms with Crippen molar-refractivity contribution < 1.29 is 4.74 Å². The van der Waals surface area contributed by atoms with Crippen molar-refractivity contribution >= 4 is 32.5 Å². The van der Waals surface area contributed by atoms with Crippen LogP contribution in [0.4, 0.5) is 10.9 Å². The molecule has 0 radical (unpaired) electrons. The highest BCUT2D eigenvalue weighted by Crippen LogP contribution is 2.34. The van der Waals surface area contributed by atoms with E-state index in [1.54, 1.807) is 29.2 Å². The number of ether oxygens (including phenoxy) is 1. The molecule has 1 aliphatic heterocycles. The fourth-order valence-electron chi connectivity index (χ4n) is 3.42. The van der Waals surface area contributed by atoms with E-state index in [4.69, 9.17) is 9.72 Å². The molecule has 0 aliphatic carbocycles. The van der Waals surface area contributed by atoms with Gasteiger partial charge in [-0.2, -0.15) is 5.10 Å². The number of nitrogens with zero attached hydrogens (tertiary/aromatic N) is 5. The minimum atomic E-state index is -0.0421. The van der Waals surface area contributed by atoms with Gasteiger partial charge in [0.2, 0.25) is 0 Å². The second-order valence-electron chi connectivity index (χ2n) is 7.38. The molecule has 4 rings (SSSR count). The largest absolute Gasteiger partial charge is 0.494 e. The maximum Gasteiger partial charge on any atom is 0.266 e. The molecule has 1 aromatic carbocycles. The van der Waals surface area contributed by atoms with Gasteiger partial charge in [0.25, 0.3) is 5.56 Å². The standard InChI is InChI=1S/C20H25N5O2S/c1-14(2)13-25-18(26)8-7-17(22-25)23-9-11-24(12-10-23)20-21-19-15(27-3)5-4-6-16(19)28-20/h4-8,14H,9-13H2,1-3H3. The number of thiazole rings is 1. The fourth-order valence-corrected chi connectivity index (χ4v) is 4.46. The van der Waals surface area contributed by atoms with Crippen LogP contribution >= 0.6 is 11.3 Å². The first kappa shape index (κ1) is 18.7. The molecular weight excluding hydrogens is 374 g/mol. The van der Waals surface area contributed by atoms with E-state index in [2.05, 4.69) is 34.8 Å². The lowest BCUT2D eigenvalue weighted by Crippen LogP contribution is -2.47. The first-order chi connectivity index (χ1) is 13.5. The Morgan fingerprint density at radius 2 is 1.86 bits per heavy atom. The van der Waals surface area contributed by atoms with Crippen molar-refractivity contribution in [1.29, 1.82) is 0 Å². The van der Waals surface area contributed by atoms with Crippen molar-refractivity contribution in [2.75, 3.05) is 43.1 Å². The Hall–Kier alpha value is -2.61. The molecule has 7 nitrogen and oxygen atoms in total. The maximum atomic E-state index is 12.0. The van der Waals surface area contributed by atoms with Crippen LogP contribution in [-0.4, -0.2) is 48.1 Å². The highest BCUT2D eigenvalue weighted by molar-refractivity contribution is 7.22. The molecule has 0 N–H and O–H groups in total. The smallest absolute Gasteiger partial charge is 0.266 e. The molecule has 3 heterocycles. The van der Waals surface area contributed by atoms with E-state index in [0.29, 0.717) is 12.5 Å². The van der Waals surface area contributed by atoms with E-state index in [9.17, 15) is 4.79 Å². The van der Waals surface area contributed by atoms with E-state index < -0.39 is 0 Å². The number of fused-ring (bicyclic) bond motifs is 1. The lowest BCUT2D eigenvalue weighted by Gasteiger charge is -2.35. The number of rotatable bonds is 5. The third-order valence-electron chi connectivity index (χ3n) is 4.86. The Morgan fingerprint density at radius 1 is 1.11 bits per heavy atom. The molecule has 1 saturated heterocycles. The van der Waals surface area contributed by atoms with E-state index in [1.807, 2.05) is 18.2 Å². The Labute approximate surface area is 168 Å². The average molecular weight is 400 g/mol. The van der Waals surface area contributed by atoms with E-state index in [1.165, 1.54) is 0 Å². The second-order valence-corrected chi connectivity index (χ2v) is 8.39. The Bertz CT molecular complexity index is 1020. The molecule has 1 aliphatic rings. The number of aromatic nitrogens is 3. The average Bonchev–Trinajstić information content (AvgIpc) is 3.14. The number of anilines is 2. The summed E-state index contributed by atoms with van der Waals surface area (Å²) >= 11 is 1.70. The van der Waals surface area contributed by atoms with Gasteiger partial charge < -0.3 is 14.5 Å². The molecule has 28 heavy (non-hydrogen) atoms. The summed E-state index contributed by atoms with van der Waals surface area (Å²) < 4.78 is 8.15. The summed E-state index contributed by atoms with van der Waals surface area (Å²) in [7, 11) is 1.68. The maximum absolute atomic E-state index is 12.0. The second kappa shape index (κ2) is 7.79. The number of hydrogen-bond acceptors (Lipinski definition) is 7. The highest BCUT2D eigenvalue weighted by Gasteiger charge is 2.22. The quantitative estimate of drug-likeness (QED) is 0.657. The van der Waals surface area contributed by atoms with Crippen molar-refractivity contribution in [3.8, 4) is 5.75 Å². The normalized spacial score (nSPS) is 14.9. The van der Waals surface area contributed by atoms with Crippen LogP contribution in [0.3, 0.4) is 0 Å². The first-order valence-electron chi connectivity index (χ1n) is 9.57. The van der Waals surface area contributed by atoms with Crippen LogP contribution in [0.15, 0.2) is 35.1 Å². The van der Waals surface area contributed by atoms with Gasteiger partial charge in [0.1, 0.15) is 17.1 Å². The van der Waals surface area contributed by atoms with Gasteiger partial charge in [-0.05, 0) is 24.1 Å². The lowest BCUT2D eigenvalue weighted by molar-refractivity contribution is 0.419. The molecule has 0 unspecified atom stereocenters. The van der Waals surface area contributed by atoms with Crippen LogP contribution in [0.1, 0.15) is 13.8 Å². The Kier molecular flexibility index (Phi) is 5.21. The molecule has 148 valence electrons. The summed E-state index contributed by atoms with van der Waals surface area (Å²) in [6.07, 6.45) is 0. The zero-order valence-corrected chi connectivity index (χ0v) is 17.3. The molecule has 0 saturated carbocycles. The Balaban J connectivity index is 1.48. The van der Waals surface area contributed by atoms with Gasteiger partial charge in [-0.1, -0.05) is 31.3 Å². The number of para-hydroxylation sites is 1.